The third-order valence-corrected chi connectivity index (χ3v) is 15.7. The molecule has 1 nitrogen and oxygen atoms in total. The van der Waals surface area contributed by atoms with E-state index >= 15 is 0 Å². The van der Waals surface area contributed by atoms with Crippen molar-refractivity contribution in [2.45, 2.75) is 147 Å². The molecule has 61 heavy (non-hydrogen) atoms. The van der Waals surface area contributed by atoms with Crippen LogP contribution in [-0.2, 0) is 28.4 Å². The average Bonchev–Trinajstić information content (AvgIpc) is 3.28. The molecule has 10 rings (SSSR count). The first kappa shape index (κ1) is 43.6. The Balaban J connectivity index is 0.000000166. The van der Waals surface area contributed by atoms with E-state index in [0.29, 0.717) is 17.9 Å². The molecule has 318 valence electrons. The van der Waals surface area contributed by atoms with Crippen LogP contribution in [0.2, 0.25) is 0 Å². The van der Waals surface area contributed by atoms with Gasteiger partial charge in [0.1, 0.15) is 0 Å². The van der Waals surface area contributed by atoms with E-state index in [0.717, 1.165) is 18.8 Å². The normalized spacial score (nSPS) is 21.7. The molecular weight excluding hydrogens is 756 g/mol. The number of benzene rings is 6. The molecule has 0 bridgehead atoms. The van der Waals surface area contributed by atoms with Crippen molar-refractivity contribution in [1.82, 2.24) is 0 Å². The van der Waals surface area contributed by atoms with E-state index in [1.165, 1.54) is 147 Å². The van der Waals surface area contributed by atoms with E-state index in [1.807, 2.05) is 7.11 Å². The second kappa shape index (κ2) is 17.6. The molecule has 4 aliphatic rings. The molecule has 1 unspecified atom stereocenters. The van der Waals surface area contributed by atoms with Gasteiger partial charge in [0.25, 0.3) is 0 Å². The minimum Gasteiger partial charge on any atom is -0.381 e. The number of hydrogen-bond acceptors (Lipinski definition) is 1. The molecule has 0 amide bonds. The maximum atomic E-state index is 5.60. The Kier molecular flexibility index (Phi) is 12.6. The van der Waals surface area contributed by atoms with Gasteiger partial charge in [0.05, 0.1) is 6.10 Å². The monoisotopic (exact) mass is 827 g/mol. The van der Waals surface area contributed by atoms with Crippen LogP contribution in [-0.4, -0.2) is 13.2 Å². The summed E-state index contributed by atoms with van der Waals surface area (Å²) in [5.74, 6) is 2.09. The fourth-order valence-electron chi connectivity index (χ4n) is 12.1. The van der Waals surface area contributed by atoms with Gasteiger partial charge in [-0.25, -0.2) is 0 Å². The van der Waals surface area contributed by atoms with Crippen molar-refractivity contribution in [2.75, 3.05) is 7.11 Å². The lowest BCUT2D eigenvalue weighted by Crippen LogP contribution is -2.25. The van der Waals surface area contributed by atoms with E-state index in [9.17, 15) is 0 Å². The summed E-state index contributed by atoms with van der Waals surface area (Å²) in [7, 11) is 1.86. The molecule has 0 N–H and O–H groups in total. The standard InChI is InChI=1S/C30H34.C29H34O.H3P/c1-5-8-22-15-18-26-25-17-16-23(21-13-11-20(6-2)12-14-21)19-28(25)30(3,4)27-10-7-9-24(22)29(26)27;1-5-7-20-12-17-25-24-16-13-21(19-10-14-22(30-4)15-11-19)18-27(24)29(2,3)26-9-6-8-23(20)28(25)26;/h6-7,9-10,15-21H,2,5,8,11-14H2,1,3-4H3;6,8-9,12-13,16-19,22H,5,7,10-11,14-15H2,1-4H3;1H3. The molecule has 1 atom stereocenters. The largest absolute Gasteiger partial charge is 0.381 e. The van der Waals surface area contributed by atoms with Crippen LogP contribution in [0, 0.1) is 5.92 Å². The Bertz CT molecular complexity index is 2560. The summed E-state index contributed by atoms with van der Waals surface area (Å²) in [4.78, 5) is 0. The van der Waals surface area contributed by atoms with Gasteiger partial charge in [-0.1, -0.05) is 158 Å². The van der Waals surface area contributed by atoms with Crippen molar-refractivity contribution in [3.05, 3.63) is 154 Å². The molecular formula is C59H71OP. The van der Waals surface area contributed by atoms with Crippen LogP contribution in [0.3, 0.4) is 0 Å². The highest BCUT2D eigenvalue weighted by Crippen LogP contribution is 2.52. The van der Waals surface area contributed by atoms with Crippen molar-refractivity contribution in [3.8, 4) is 22.3 Å². The lowest BCUT2D eigenvalue weighted by Gasteiger charge is -2.37. The van der Waals surface area contributed by atoms with Gasteiger partial charge in [-0.2, -0.15) is 9.90 Å². The molecule has 4 aliphatic carbocycles. The number of hydrogen-bond donors (Lipinski definition) is 0. The van der Waals surface area contributed by atoms with Crippen molar-refractivity contribution in [3.63, 3.8) is 0 Å². The minimum atomic E-state index is 0. The summed E-state index contributed by atoms with van der Waals surface area (Å²) >= 11 is 0. The van der Waals surface area contributed by atoms with Crippen LogP contribution in [0.15, 0.2) is 110 Å². The van der Waals surface area contributed by atoms with Gasteiger partial charge in [0, 0.05) is 17.9 Å². The first-order valence-electron chi connectivity index (χ1n) is 23.6. The number of ether oxygens (including phenoxy) is 1. The molecule has 0 saturated heterocycles. The predicted molar refractivity (Wildman–Crippen MR) is 269 cm³/mol. The van der Waals surface area contributed by atoms with Crippen LogP contribution >= 0.6 is 9.90 Å². The van der Waals surface area contributed by atoms with Gasteiger partial charge in [0.15, 0.2) is 0 Å². The fourth-order valence-corrected chi connectivity index (χ4v) is 12.1. The molecule has 0 aliphatic heterocycles. The summed E-state index contributed by atoms with van der Waals surface area (Å²) in [6, 6.07) is 38.2. The van der Waals surface area contributed by atoms with E-state index in [4.69, 9.17) is 4.74 Å². The summed E-state index contributed by atoms with van der Waals surface area (Å²) < 4.78 is 5.60. The minimum absolute atomic E-state index is 0. The third kappa shape index (κ3) is 7.65. The Labute approximate surface area is 371 Å². The Hall–Kier alpha value is -4.03. The van der Waals surface area contributed by atoms with Crippen LogP contribution in [0.4, 0.5) is 0 Å². The highest BCUT2D eigenvalue weighted by molar-refractivity contribution is 6.92. The quantitative estimate of drug-likeness (QED) is 0.110. The molecule has 6 aromatic rings. The molecule has 2 fully saturated rings. The summed E-state index contributed by atoms with van der Waals surface area (Å²) in [6.45, 7) is 18.3. The lowest BCUT2D eigenvalue weighted by molar-refractivity contribution is 0.0658. The van der Waals surface area contributed by atoms with E-state index in [2.05, 4.69) is 151 Å². The summed E-state index contributed by atoms with van der Waals surface area (Å²) in [5, 5.41) is 5.87. The third-order valence-electron chi connectivity index (χ3n) is 15.7. The first-order valence-corrected chi connectivity index (χ1v) is 23.6. The van der Waals surface area contributed by atoms with E-state index < -0.39 is 0 Å². The van der Waals surface area contributed by atoms with Gasteiger partial charge in [0.2, 0.25) is 0 Å². The number of rotatable bonds is 8. The lowest BCUT2D eigenvalue weighted by atomic mass is 9.67. The Morgan fingerprint density at radius 1 is 0.541 bits per heavy atom. The van der Waals surface area contributed by atoms with Crippen LogP contribution < -0.4 is 0 Å². The SMILES string of the molecule is C=CC1CCC(c2ccc3c(c2)C(C)(C)c2cccc4c(CCC)ccc-3c24)CC1.CCCc1ccc2c3c(cccc13)C(C)(C)c1cc(C3CCC(OC)CC3)ccc1-2.P. The van der Waals surface area contributed by atoms with Crippen LogP contribution in [0.25, 0.3) is 43.8 Å². The van der Waals surface area contributed by atoms with Gasteiger partial charge < -0.3 is 4.74 Å². The molecule has 0 heterocycles. The van der Waals surface area contributed by atoms with E-state index in [-0.39, 0.29) is 20.7 Å². The van der Waals surface area contributed by atoms with E-state index in [1.54, 1.807) is 5.56 Å². The first-order chi connectivity index (χ1) is 29.1. The number of aryl methyl sites for hydroxylation is 2. The van der Waals surface area contributed by atoms with Gasteiger partial charge in [-0.15, -0.1) is 6.58 Å². The highest BCUT2D eigenvalue weighted by Gasteiger charge is 2.36. The molecule has 0 aromatic heterocycles. The van der Waals surface area contributed by atoms with Crippen LogP contribution in [0.1, 0.15) is 162 Å². The Morgan fingerprint density at radius 3 is 1.38 bits per heavy atom. The summed E-state index contributed by atoms with van der Waals surface area (Å²) in [5.41, 5.74) is 17.8. The van der Waals surface area contributed by atoms with Crippen molar-refractivity contribution < 1.29 is 4.74 Å². The zero-order valence-electron chi connectivity index (χ0n) is 38.4. The number of fused-ring (bicyclic) bond motifs is 4. The topological polar surface area (TPSA) is 9.23 Å². The Morgan fingerprint density at radius 2 is 0.967 bits per heavy atom. The maximum Gasteiger partial charge on any atom is 0.0571 e. The fraction of sp³-hybridized carbons (Fsp3) is 0.424. The molecule has 0 radical (unpaired) electrons. The highest BCUT2D eigenvalue weighted by atomic mass is 31.0. The zero-order valence-corrected chi connectivity index (χ0v) is 39.8. The van der Waals surface area contributed by atoms with Crippen molar-refractivity contribution in [2.24, 2.45) is 5.92 Å². The predicted octanol–water partition coefficient (Wildman–Crippen LogP) is 16.4. The van der Waals surface area contributed by atoms with Gasteiger partial charge in [-0.05, 0) is 170 Å². The van der Waals surface area contributed by atoms with Gasteiger partial charge in [-0.3, -0.25) is 0 Å². The van der Waals surface area contributed by atoms with Crippen LogP contribution in [0.5, 0.6) is 0 Å². The maximum absolute atomic E-state index is 5.60. The zero-order chi connectivity index (χ0) is 41.8. The molecule has 2 heteroatoms. The second-order valence-electron chi connectivity index (χ2n) is 19.9. The van der Waals surface area contributed by atoms with Gasteiger partial charge >= 0.3 is 0 Å². The molecule has 6 aromatic carbocycles. The van der Waals surface area contributed by atoms with Crippen molar-refractivity contribution in [1.29, 1.82) is 0 Å². The number of methoxy groups -OCH3 is 1. The number of allylic oxidation sites excluding steroid dienone is 1. The molecule has 0 spiro atoms. The molecule has 2 saturated carbocycles. The second-order valence-corrected chi connectivity index (χ2v) is 19.9. The smallest absolute Gasteiger partial charge is 0.0571 e. The summed E-state index contributed by atoms with van der Waals surface area (Å²) in [6.07, 6.45) is 17.3. The average molecular weight is 827 g/mol. The van der Waals surface area contributed by atoms with Crippen molar-refractivity contribution >= 4 is 31.4 Å².